The highest BCUT2D eigenvalue weighted by atomic mass is 16.6. The lowest BCUT2D eigenvalue weighted by molar-refractivity contribution is -0.131. The number of rotatable bonds is 14. The molecule has 0 spiro atoms. The summed E-state index contributed by atoms with van der Waals surface area (Å²) in [5, 5.41) is 8.43. The molecule has 0 bridgehead atoms. The van der Waals surface area contributed by atoms with Gasteiger partial charge in [0.05, 0.1) is 6.10 Å². The van der Waals surface area contributed by atoms with Crippen molar-refractivity contribution in [2.75, 3.05) is 0 Å². The molecule has 1 saturated heterocycles. The number of aliphatic carboxylic acids is 1. The summed E-state index contributed by atoms with van der Waals surface area (Å²) in [6, 6.07) is 0. The first-order chi connectivity index (χ1) is 11.2. The average Bonchev–Trinajstić information content (AvgIpc) is 3.27. The molecule has 1 aliphatic heterocycles. The lowest BCUT2D eigenvalue weighted by atomic mass is 10.1. The molecule has 1 N–H and O–H groups in total. The van der Waals surface area contributed by atoms with E-state index >= 15 is 0 Å². The van der Waals surface area contributed by atoms with E-state index in [1.54, 1.807) is 6.08 Å². The van der Waals surface area contributed by atoms with E-state index in [4.69, 9.17) is 9.84 Å². The van der Waals surface area contributed by atoms with Crippen LogP contribution in [0.5, 0.6) is 0 Å². The van der Waals surface area contributed by atoms with E-state index in [1.165, 1.54) is 63.9 Å². The Morgan fingerprint density at radius 2 is 1.52 bits per heavy atom. The Balaban J connectivity index is 1.90. The minimum Gasteiger partial charge on any atom is -0.478 e. The maximum atomic E-state index is 10.3. The lowest BCUT2D eigenvalue weighted by Crippen LogP contribution is -1.91. The minimum atomic E-state index is -0.926. The number of unbranched alkanes of at least 4 members (excludes halogenated alkanes) is 8. The standard InChI is InChI=1S/C20H32O3/c1-2-3-4-5-6-7-8-9-12-15-18-19(23-18)16-13-10-11-14-17-20(21)22/h10-11,13-14,16-19H,2-9,12,15H2,1H3,(H,21,22)/b11-10+,16-13+,17-14+. The number of carbonyl (C=O) groups is 1. The van der Waals surface area contributed by atoms with E-state index in [-0.39, 0.29) is 6.10 Å². The van der Waals surface area contributed by atoms with Crippen molar-refractivity contribution < 1.29 is 14.6 Å². The van der Waals surface area contributed by atoms with Crippen LogP contribution >= 0.6 is 0 Å². The van der Waals surface area contributed by atoms with Crippen molar-refractivity contribution in [2.24, 2.45) is 0 Å². The number of ether oxygens (including phenoxy) is 1. The van der Waals surface area contributed by atoms with Crippen LogP contribution in [0.2, 0.25) is 0 Å². The fourth-order valence-electron chi connectivity index (χ4n) is 2.65. The van der Waals surface area contributed by atoms with Gasteiger partial charge in [-0.2, -0.15) is 0 Å². The first kappa shape index (κ1) is 19.7. The van der Waals surface area contributed by atoms with Crippen molar-refractivity contribution in [3.8, 4) is 0 Å². The van der Waals surface area contributed by atoms with Crippen LogP contribution in [-0.2, 0) is 9.53 Å². The summed E-state index contributed by atoms with van der Waals surface area (Å²) < 4.78 is 5.60. The van der Waals surface area contributed by atoms with Gasteiger partial charge in [-0.15, -0.1) is 0 Å². The number of carboxylic acid groups (broad SMARTS) is 1. The molecule has 0 radical (unpaired) electrons. The van der Waals surface area contributed by atoms with Crippen LogP contribution in [0.4, 0.5) is 0 Å². The average molecular weight is 320 g/mol. The Bertz CT molecular complexity index is 396. The summed E-state index contributed by atoms with van der Waals surface area (Å²) in [6.07, 6.45) is 24.2. The quantitative estimate of drug-likeness (QED) is 0.201. The topological polar surface area (TPSA) is 49.8 Å². The Morgan fingerprint density at radius 1 is 0.913 bits per heavy atom. The fraction of sp³-hybridized carbons (Fsp3) is 0.650. The summed E-state index contributed by atoms with van der Waals surface area (Å²) in [4.78, 5) is 10.3. The molecule has 1 rings (SSSR count). The van der Waals surface area contributed by atoms with Gasteiger partial charge in [0.1, 0.15) is 6.10 Å². The molecule has 0 aromatic rings. The first-order valence-corrected chi connectivity index (χ1v) is 9.14. The molecule has 1 fully saturated rings. The minimum absolute atomic E-state index is 0.261. The van der Waals surface area contributed by atoms with E-state index in [2.05, 4.69) is 6.92 Å². The molecule has 130 valence electrons. The SMILES string of the molecule is CCCCCCCCCCCC1OC1/C=C/C=C/C=C/C(=O)O. The van der Waals surface area contributed by atoms with E-state index in [0.717, 1.165) is 12.5 Å². The molecule has 23 heavy (non-hydrogen) atoms. The fourth-order valence-corrected chi connectivity index (χ4v) is 2.65. The molecular weight excluding hydrogens is 288 g/mol. The number of allylic oxidation sites excluding steroid dienone is 4. The second kappa shape index (κ2) is 13.1. The molecule has 1 aliphatic rings. The zero-order valence-corrected chi connectivity index (χ0v) is 14.5. The zero-order chi connectivity index (χ0) is 16.8. The van der Waals surface area contributed by atoms with Gasteiger partial charge in [-0.05, 0) is 6.42 Å². The van der Waals surface area contributed by atoms with Gasteiger partial charge >= 0.3 is 5.97 Å². The van der Waals surface area contributed by atoms with Gasteiger partial charge in [0, 0.05) is 6.08 Å². The smallest absolute Gasteiger partial charge is 0.328 e. The van der Waals surface area contributed by atoms with E-state index in [9.17, 15) is 4.79 Å². The zero-order valence-electron chi connectivity index (χ0n) is 14.5. The lowest BCUT2D eigenvalue weighted by Gasteiger charge is -2.00. The number of hydrogen-bond acceptors (Lipinski definition) is 2. The van der Waals surface area contributed by atoms with Gasteiger partial charge in [0.25, 0.3) is 0 Å². The third kappa shape index (κ3) is 11.8. The monoisotopic (exact) mass is 320 g/mol. The first-order valence-electron chi connectivity index (χ1n) is 9.14. The van der Waals surface area contributed by atoms with Crippen molar-refractivity contribution in [3.63, 3.8) is 0 Å². The van der Waals surface area contributed by atoms with Gasteiger partial charge in [-0.1, -0.05) is 95.1 Å². The maximum Gasteiger partial charge on any atom is 0.328 e. The predicted octanol–water partition coefficient (Wildman–Crippen LogP) is 5.43. The van der Waals surface area contributed by atoms with Gasteiger partial charge in [0.2, 0.25) is 0 Å². The second-order valence-electron chi connectivity index (χ2n) is 6.22. The molecule has 1 heterocycles. The van der Waals surface area contributed by atoms with Gasteiger partial charge < -0.3 is 9.84 Å². The Hall–Kier alpha value is -1.35. The summed E-state index contributed by atoms with van der Waals surface area (Å²) in [5.41, 5.74) is 0. The number of carboxylic acids is 1. The second-order valence-corrected chi connectivity index (χ2v) is 6.22. The van der Waals surface area contributed by atoms with Crippen LogP contribution in [0.1, 0.15) is 71.1 Å². The molecule has 2 unspecified atom stereocenters. The molecule has 2 atom stereocenters. The largest absolute Gasteiger partial charge is 0.478 e. The summed E-state index contributed by atoms with van der Waals surface area (Å²) in [5.74, 6) is -0.926. The summed E-state index contributed by atoms with van der Waals surface area (Å²) in [6.45, 7) is 2.26. The van der Waals surface area contributed by atoms with E-state index in [1.807, 2.05) is 18.2 Å². The third-order valence-corrected chi connectivity index (χ3v) is 4.09. The van der Waals surface area contributed by atoms with Crippen LogP contribution < -0.4 is 0 Å². The summed E-state index contributed by atoms with van der Waals surface area (Å²) in [7, 11) is 0. The highest BCUT2D eigenvalue weighted by molar-refractivity contribution is 5.80. The molecule has 0 aromatic carbocycles. The number of epoxide rings is 1. The Labute approximate surface area is 141 Å². The van der Waals surface area contributed by atoms with Crippen molar-refractivity contribution in [3.05, 3.63) is 36.5 Å². The molecule has 0 aliphatic carbocycles. The molecular formula is C20H32O3. The van der Waals surface area contributed by atoms with Crippen LogP contribution in [0.3, 0.4) is 0 Å². The highest BCUT2D eigenvalue weighted by Gasteiger charge is 2.35. The third-order valence-electron chi connectivity index (χ3n) is 4.09. The van der Waals surface area contributed by atoms with Gasteiger partial charge in [-0.3, -0.25) is 0 Å². The van der Waals surface area contributed by atoms with Crippen molar-refractivity contribution in [2.45, 2.75) is 83.3 Å². The molecule has 3 nitrogen and oxygen atoms in total. The normalized spacial score (nSPS) is 20.9. The number of hydrogen-bond donors (Lipinski definition) is 1. The van der Waals surface area contributed by atoms with E-state index < -0.39 is 5.97 Å². The highest BCUT2D eigenvalue weighted by Crippen LogP contribution is 2.28. The van der Waals surface area contributed by atoms with Crippen LogP contribution in [0, 0.1) is 0 Å². The maximum absolute atomic E-state index is 10.3. The van der Waals surface area contributed by atoms with Crippen LogP contribution in [0.15, 0.2) is 36.5 Å². The molecule has 3 heteroatoms. The van der Waals surface area contributed by atoms with Crippen molar-refractivity contribution in [1.82, 2.24) is 0 Å². The molecule has 0 saturated carbocycles. The molecule has 0 amide bonds. The Kier molecular flexibility index (Phi) is 11.2. The van der Waals surface area contributed by atoms with E-state index in [0.29, 0.717) is 6.10 Å². The Morgan fingerprint density at radius 3 is 2.17 bits per heavy atom. The van der Waals surface area contributed by atoms with Gasteiger partial charge in [0.15, 0.2) is 0 Å². The van der Waals surface area contributed by atoms with Crippen molar-refractivity contribution >= 4 is 5.97 Å². The van der Waals surface area contributed by atoms with Gasteiger partial charge in [-0.25, -0.2) is 4.79 Å². The predicted molar refractivity (Wildman–Crippen MR) is 95.6 cm³/mol. The van der Waals surface area contributed by atoms with Crippen LogP contribution in [0.25, 0.3) is 0 Å². The van der Waals surface area contributed by atoms with Crippen LogP contribution in [-0.4, -0.2) is 23.3 Å². The molecule has 0 aromatic heterocycles. The summed E-state index contributed by atoms with van der Waals surface area (Å²) >= 11 is 0. The van der Waals surface area contributed by atoms with Crippen molar-refractivity contribution in [1.29, 1.82) is 0 Å².